The molecule has 4 heteroatoms. The second-order valence-electron chi connectivity index (χ2n) is 5.46. The molecule has 0 aromatic carbocycles. The summed E-state index contributed by atoms with van der Waals surface area (Å²) in [6.45, 7) is 5.87. The van der Waals surface area contributed by atoms with Crippen LogP contribution in [-0.4, -0.2) is 23.0 Å². The van der Waals surface area contributed by atoms with Gasteiger partial charge in [0.05, 0.1) is 0 Å². The average molecular weight is 213 g/mol. The van der Waals surface area contributed by atoms with Gasteiger partial charge >= 0.3 is 5.97 Å². The first kappa shape index (κ1) is 12.0. The zero-order chi connectivity index (χ0) is 11.6. The molecule has 1 aliphatic carbocycles. The third-order valence-electron chi connectivity index (χ3n) is 2.37. The molecule has 1 amide bonds. The molecule has 0 radical (unpaired) electrons. The van der Waals surface area contributed by atoms with E-state index in [9.17, 15) is 9.59 Å². The molecule has 1 atom stereocenters. The Morgan fingerprint density at radius 1 is 1.40 bits per heavy atom. The fourth-order valence-corrected chi connectivity index (χ4v) is 1.52. The lowest BCUT2D eigenvalue weighted by Crippen LogP contribution is -2.43. The van der Waals surface area contributed by atoms with Crippen LogP contribution in [0.1, 0.15) is 40.0 Å². The van der Waals surface area contributed by atoms with Gasteiger partial charge in [-0.1, -0.05) is 20.8 Å². The van der Waals surface area contributed by atoms with Gasteiger partial charge in [0.2, 0.25) is 5.91 Å². The molecule has 1 saturated carbocycles. The van der Waals surface area contributed by atoms with Crippen molar-refractivity contribution in [2.45, 2.75) is 46.1 Å². The first-order valence-corrected chi connectivity index (χ1v) is 5.32. The second-order valence-corrected chi connectivity index (χ2v) is 5.46. The van der Waals surface area contributed by atoms with Gasteiger partial charge in [-0.05, 0) is 24.2 Å². The highest BCUT2D eigenvalue weighted by Crippen LogP contribution is 2.33. The van der Waals surface area contributed by atoms with Crippen molar-refractivity contribution in [2.75, 3.05) is 0 Å². The van der Waals surface area contributed by atoms with Crippen molar-refractivity contribution >= 4 is 11.9 Å². The Morgan fingerprint density at radius 3 is 2.27 bits per heavy atom. The minimum Gasteiger partial charge on any atom is -0.480 e. The Balaban J connectivity index is 2.44. The summed E-state index contributed by atoms with van der Waals surface area (Å²) >= 11 is 0. The molecule has 4 nitrogen and oxygen atoms in total. The highest BCUT2D eigenvalue weighted by molar-refractivity contribution is 5.84. The number of carboxylic acid groups (broad SMARTS) is 1. The van der Waals surface area contributed by atoms with Gasteiger partial charge in [-0.3, -0.25) is 4.79 Å². The van der Waals surface area contributed by atoms with Gasteiger partial charge in [-0.2, -0.15) is 0 Å². The smallest absolute Gasteiger partial charge is 0.326 e. The summed E-state index contributed by atoms with van der Waals surface area (Å²) in [6, 6.07) is -0.681. The maximum atomic E-state index is 11.5. The van der Waals surface area contributed by atoms with Gasteiger partial charge in [0.1, 0.15) is 6.04 Å². The van der Waals surface area contributed by atoms with Crippen LogP contribution in [0.15, 0.2) is 0 Å². The molecular weight excluding hydrogens is 194 g/mol. The van der Waals surface area contributed by atoms with Crippen LogP contribution < -0.4 is 5.32 Å². The van der Waals surface area contributed by atoms with E-state index in [1.807, 2.05) is 20.8 Å². The molecule has 0 bridgehead atoms. The van der Waals surface area contributed by atoms with E-state index >= 15 is 0 Å². The van der Waals surface area contributed by atoms with Crippen LogP contribution in [0.2, 0.25) is 0 Å². The van der Waals surface area contributed by atoms with Crippen molar-refractivity contribution in [1.82, 2.24) is 5.32 Å². The van der Waals surface area contributed by atoms with Gasteiger partial charge in [-0.25, -0.2) is 4.79 Å². The number of carbonyl (C=O) groups excluding carboxylic acids is 1. The Labute approximate surface area is 90.0 Å². The van der Waals surface area contributed by atoms with Crippen LogP contribution >= 0.6 is 0 Å². The van der Waals surface area contributed by atoms with Gasteiger partial charge in [0, 0.05) is 6.42 Å². The molecule has 2 N–H and O–H groups in total. The third kappa shape index (κ3) is 4.32. The molecule has 15 heavy (non-hydrogen) atoms. The monoisotopic (exact) mass is 213 g/mol. The summed E-state index contributed by atoms with van der Waals surface area (Å²) in [4.78, 5) is 22.4. The minimum atomic E-state index is -0.917. The first-order valence-electron chi connectivity index (χ1n) is 5.32. The predicted octanol–water partition coefficient (Wildman–Crippen LogP) is 1.40. The van der Waals surface area contributed by atoms with Crippen molar-refractivity contribution in [2.24, 2.45) is 11.3 Å². The second kappa shape index (κ2) is 4.21. The summed E-state index contributed by atoms with van der Waals surface area (Å²) in [6.07, 6.45) is 2.18. The van der Waals surface area contributed by atoms with Crippen molar-refractivity contribution in [3.63, 3.8) is 0 Å². The van der Waals surface area contributed by atoms with Gasteiger partial charge in [-0.15, -0.1) is 0 Å². The van der Waals surface area contributed by atoms with Gasteiger partial charge in [0.15, 0.2) is 0 Å². The maximum absolute atomic E-state index is 11.5. The van der Waals surface area contributed by atoms with Crippen molar-refractivity contribution < 1.29 is 14.7 Å². The number of amides is 1. The number of hydrogen-bond acceptors (Lipinski definition) is 2. The van der Waals surface area contributed by atoms with E-state index < -0.39 is 12.0 Å². The summed E-state index contributed by atoms with van der Waals surface area (Å²) < 4.78 is 0. The fourth-order valence-electron chi connectivity index (χ4n) is 1.52. The maximum Gasteiger partial charge on any atom is 0.326 e. The predicted molar refractivity (Wildman–Crippen MR) is 56.4 cm³/mol. The molecule has 1 fully saturated rings. The lowest BCUT2D eigenvalue weighted by atomic mass is 9.92. The molecule has 86 valence electrons. The van der Waals surface area contributed by atoms with E-state index in [1.165, 1.54) is 0 Å². The van der Waals surface area contributed by atoms with E-state index in [1.54, 1.807) is 0 Å². The largest absolute Gasteiger partial charge is 0.480 e. The van der Waals surface area contributed by atoms with Crippen molar-refractivity contribution in [3.8, 4) is 0 Å². The first-order chi connectivity index (χ1) is 6.79. The molecule has 0 heterocycles. The summed E-state index contributed by atoms with van der Waals surface area (Å²) in [5, 5.41) is 11.5. The Hall–Kier alpha value is -1.06. The van der Waals surface area contributed by atoms with Crippen LogP contribution in [0.4, 0.5) is 0 Å². The van der Waals surface area contributed by atoms with Gasteiger partial charge in [0.25, 0.3) is 0 Å². The van der Waals surface area contributed by atoms with Crippen LogP contribution in [0.25, 0.3) is 0 Å². The number of carboxylic acids is 1. The lowest BCUT2D eigenvalue weighted by molar-refractivity contribution is -0.142. The van der Waals surface area contributed by atoms with Crippen LogP contribution in [0.5, 0.6) is 0 Å². The zero-order valence-electron chi connectivity index (χ0n) is 9.54. The standard InChI is InChI=1S/C11H19NO3/c1-11(2,3)6-8(13)12-9(10(14)15)7-4-5-7/h7,9H,4-6H2,1-3H3,(H,12,13)(H,14,15). The number of rotatable bonds is 4. The van der Waals surface area contributed by atoms with E-state index in [0.717, 1.165) is 12.8 Å². The quantitative estimate of drug-likeness (QED) is 0.741. The third-order valence-corrected chi connectivity index (χ3v) is 2.37. The molecule has 0 aromatic rings. The molecular formula is C11H19NO3. The van der Waals surface area contributed by atoms with Crippen LogP contribution in [-0.2, 0) is 9.59 Å². The van der Waals surface area contributed by atoms with Gasteiger partial charge < -0.3 is 10.4 Å². The SMILES string of the molecule is CC(C)(C)CC(=O)NC(C(=O)O)C1CC1. The molecule has 0 saturated heterocycles. The van der Waals surface area contributed by atoms with E-state index in [0.29, 0.717) is 6.42 Å². The summed E-state index contributed by atoms with van der Waals surface area (Å²) in [5.74, 6) is -0.937. The molecule has 1 unspecified atom stereocenters. The average Bonchev–Trinajstić information content (AvgIpc) is 2.78. The van der Waals surface area contributed by atoms with E-state index in [-0.39, 0.29) is 17.2 Å². The van der Waals surface area contributed by atoms with Crippen LogP contribution in [0, 0.1) is 11.3 Å². The molecule has 0 spiro atoms. The Kier molecular flexibility index (Phi) is 3.37. The molecule has 0 aliphatic heterocycles. The summed E-state index contributed by atoms with van der Waals surface area (Å²) in [5.41, 5.74) is -0.101. The Bertz CT molecular complexity index is 263. The van der Waals surface area contributed by atoms with Crippen molar-refractivity contribution in [3.05, 3.63) is 0 Å². The number of hydrogen-bond donors (Lipinski definition) is 2. The van der Waals surface area contributed by atoms with Crippen LogP contribution in [0.3, 0.4) is 0 Å². The normalized spacial score (nSPS) is 18.3. The number of aliphatic carboxylic acids is 1. The zero-order valence-corrected chi connectivity index (χ0v) is 9.54. The van der Waals surface area contributed by atoms with Crippen molar-refractivity contribution in [1.29, 1.82) is 0 Å². The summed E-state index contributed by atoms with van der Waals surface area (Å²) in [7, 11) is 0. The highest BCUT2D eigenvalue weighted by atomic mass is 16.4. The Morgan fingerprint density at radius 2 is 1.93 bits per heavy atom. The van der Waals surface area contributed by atoms with E-state index in [2.05, 4.69) is 5.32 Å². The fraction of sp³-hybridized carbons (Fsp3) is 0.818. The minimum absolute atomic E-state index is 0.101. The lowest BCUT2D eigenvalue weighted by Gasteiger charge is -2.20. The molecule has 0 aromatic heterocycles. The van der Waals surface area contributed by atoms with E-state index in [4.69, 9.17) is 5.11 Å². The topological polar surface area (TPSA) is 66.4 Å². The molecule has 1 rings (SSSR count). The number of carbonyl (C=O) groups is 2. The highest BCUT2D eigenvalue weighted by Gasteiger charge is 2.37. The number of nitrogens with one attached hydrogen (secondary N) is 1. The molecule has 1 aliphatic rings.